The molecule has 0 heterocycles. The van der Waals surface area contributed by atoms with E-state index in [2.05, 4.69) is 55.4 Å². The molecule has 0 fully saturated rings. The number of allylic oxidation sites excluding steroid dienone is 5. The van der Waals surface area contributed by atoms with Crippen LogP contribution in [0, 0.1) is 17.8 Å². The molecule has 6 nitrogen and oxygen atoms in total. The SMILES string of the molecule is CC.CC.CC(C)C.CC(C)C.CC(C)C1=CC=C(S(C)(=O)=O)C1.CS(=O)(=O)C1=Cc2ccccc2C1.CS(=O)(=O)c1ccccc1. The lowest BCUT2D eigenvalue weighted by atomic mass is 10.0. The lowest BCUT2D eigenvalue weighted by molar-refractivity contribution is 0.601. The van der Waals surface area contributed by atoms with Gasteiger partial charge in [-0.25, -0.2) is 25.3 Å². The highest BCUT2D eigenvalue weighted by atomic mass is 32.2. The number of hydrogen-bond donors (Lipinski definition) is 0. The normalized spacial score (nSPS) is 13.0. The van der Waals surface area contributed by atoms with Crippen molar-refractivity contribution < 1.29 is 25.3 Å². The van der Waals surface area contributed by atoms with Gasteiger partial charge in [0.1, 0.15) is 0 Å². The van der Waals surface area contributed by atoms with Crippen LogP contribution in [0.5, 0.6) is 0 Å². The van der Waals surface area contributed by atoms with E-state index in [0.717, 1.165) is 23.0 Å². The summed E-state index contributed by atoms with van der Waals surface area (Å²) in [6.45, 7) is 25.1. The Balaban J connectivity index is -0.000000532. The van der Waals surface area contributed by atoms with Gasteiger partial charge in [0.2, 0.25) is 0 Å². The van der Waals surface area contributed by atoms with Gasteiger partial charge in [-0.05, 0) is 53.2 Å². The Morgan fingerprint density at radius 2 is 0.915 bits per heavy atom. The molecule has 0 N–H and O–H groups in total. The van der Waals surface area contributed by atoms with E-state index in [9.17, 15) is 25.3 Å². The van der Waals surface area contributed by atoms with Crippen molar-refractivity contribution in [3.63, 3.8) is 0 Å². The molecule has 0 saturated carbocycles. The number of benzene rings is 2. The molecule has 0 spiro atoms. The molecule has 0 unspecified atom stereocenters. The Morgan fingerprint density at radius 1 is 0.511 bits per heavy atom. The smallest absolute Gasteiger partial charge is 0.175 e. The van der Waals surface area contributed by atoms with Crippen molar-refractivity contribution in [3.8, 4) is 0 Å². The molecule has 0 saturated heterocycles. The molecular weight excluding hydrogens is 649 g/mol. The molecule has 0 aromatic heterocycles. The zero-order chi connectivity index (χ0) is 37.6. The maximum Gasteiger partial charge on any atom is 0.175 e. The minimum absolute atomic E-state index is 0.370. The molecule has 2 aromatic rings. The minimum atomic E-state index is -3.01. The third-order valence-corrected chi connectivity index (χ3v) is 9.04. The van der Waals surface area contributed by atoms with E-state index in [1.165, 1.54) is 24.3 Å². The van der Waals surface area contributed by atoms with Crippen molar-refractivity contribution in [3.05, 3.63) is 93.3 Å². The first-order valence-corrected chi connectivity index (χ1v) is 22.1. The molecule has 0 atom stereocenters. The molecule has 270 valence electrons. The number of fused-ring (bicyclic) bond motifs is 1. The highest BCUT2D eigenvalue weighted by molar-refractivity contribution is 7.95. The fraction of sp³-hybridized carbons (Fsp3) is 0.526. The monoisotopic (exact) mass is 712 g/mol. The van der Waals surface area contributed by atoms with E-state index in [1.807, 2.05) is 58.0 Å². The average Bonchev–Trinajstić information content (AvgIpc) is 3.64. The van der Waals surface area contributed by atoms with Crippen LogP contribution in [0.15, 0.2) is 87.0 Å². The topological polar surface area (TPSA) is 102 Å². The third-order valence-electron chi connectivity index (χ3n) is 5.46. The van der Waals surface area contributed by atoms with Crippen LogP contribution in [0.25, 0.3) is 6.08 Å². The van der Waals surface area contributed by atoms with Gasteiger partial charge < -0.3 is 0 Å². The van der Waals surface area contributed by atoms with Gasteiger partial charge in [0.05, 0.1) is 4.90 Å². The summed E-state index contributed by atoms with van der Waals surface area (Å²) < 4.78 is 66.3. The maximum absolute atomic E-state index is 11.2. The quantitative estimate of drug-likeness (QED) is 0.313. The lowest BCUT2D eigenvalue weighted by Crippen LogP contribution is -2.01. The van der Waals surface area contributed by atoms with Crippen molar-refractivity contribution in [1.82, 2.24) is 0 Å². The number of sulfone groups is 3. The summed E-state index contributed by atoms with van der Waals surface area (Å²) in [4.78, 5) is 1.44. The van der Waals surface area contributed by atoms with Gasteiger partial charge >= 0.3 is 0 Å². The van der Waals surface area contributed by atoms with E-state index < -0.39 is 29.5 Å². The maximum atomic E-state index is 11.2. The zero-order valence-electron chi connectivity index (χ0n) is 31.7. The van der Waals surface area contributed by atoms with Crippen molar-refractivity contribution >= 4 is 35.6 Å². The number of hydrogen-bond acceptors (Lipinski definition) is 6. The molecule has 9 heteroatoms. The van der Waals surface area contributed by atoms with Gasteiger partial charge in [0.15, 0.2) is 29.5 Å². The molecule has 0 aliphatic heterocycles. The fourth-order valence-electron chi connectivity index (χ4n) is 3.32. The second kappa shape index (κ2) is 24.6. The Hall–Kier alpha value is -2.49. The number of rotatable bonds is 4. The highest BCUT2D eigenvalue weighted by Crippen LogP contribution is 2.28. The second-order valence-corrected chi connectivity index (χ2v) is 18.4. The van der Waals surface area contributed by atoms with Crippen LogP contribution >= 0.6 is 0 Å². The predicted octanol–water partition coefficient (Wildman–Crippen LogP) is 10.00. The molecule has 0 bridgehead atoms. The fourth-order valence-corrected chi connectivity index (χ4v) is 5.48. The molecule has 2 aliphatic rings. The van der Waals surface area contributed by atoms with Gasteiger partial charge in [-0.15, -0.1) is 0 Å². The lowest BCUT2D eigenvalue weighted by Gasteiger charge is -2.06. The summed E-state index contributed by atoms with van der Waals surface area (Å²) in [5.41, 5.74) is 3.33. The van der Waals surface area contributed by atoms with Crippen molar-refractivity contribution in [1.29, 1.82) is 0 Å². The molecule has 0 amide bonds. The van der Waals surface area contributed by atoms with Gasteiger partial charge in [-0.3, -0.25) is 0 Å². The standard InChI is InChI=1S/C10H10O2S.C9H14O2S.C7H8O2S.2C4H10.2C2H6/c1-13(11,12)10-6-8-4-2-3-5-9(8)7-10;1-7(2)8-4-5-9(6-8)12(3,10)11;1-10(8,9)7-5-3-2-4-6-7;2*1-4(2)3;2*1-2/h2-6H,7H2,1H3;4-5,7H,6H2,1-3H3;2-6H,1H3;2*4H,1-3H3;2*1-2H3. The summed E-state index contributed by atoms with van der Waals surface area (Å²) in [6, 6.07) is 16.1. The summed E-state index contributed by atoms with van der Waals surface area (Å²) in [5.74, 6) is 2.11. The molecular formula is C38H64O6S3. The molecule has 4 rings (SSSR count). The summed E-state index contributed by atoms with van der Waals surface area (Å²) >= 11 is 0. The van der Waals surface area contributed by atoms with Crippen molar-refractivity contribution in [2.75, 3.05) is 18.8 Å². The Bertz CT molecular complexity index is 1550. The summed E-state index contributed by atoms with van der Waals surface area (Å²) in [5, 5.41) is 0. The Kier molecular flexibility index (Phi) is 25.6. The Morgan fingerprint density at radius 3 is 1.21 bits per heavy atom. The largest absolute Gasteiger partial charge is 0.224 e. The average molecular weight is 713 g/mol. The first kappa shape index (κ1) is 48.9. The van der Waals surface area contributed by atoms with Crippen LogP contribution in [0.4, 0.5) is 0 Å². The molecule has 47 heavy (non-hydrogen) atoms. The van der Waals surface area contributed by atoms with E-state index in [4.69, 9.17) is 0 Å². The van der Waals surface area contributed by atoms with E-state index in [0.29, 0.717) is 33.5 Å². The summed E-state index contributed by atoms with van der Waals surface area (Å²) in [6.07, 6.45) is 10.3. The minimum Gasteiger partial charge on any atom is -0.224 e. The zero-order valence-corrected chi connectivity index (χ0v) is 34.2. The predicted molar refractivity (Wildman–Crippen MR) is 207 cm³/mol. The van der Waals surface area contributed by atoms with E-state index in [1.54, 1.807) is 42.5 Å². The molecule has 2 aliphatic carbocycles. The van der Waals surface area contributed by atoms with Crippen LogP contribution in [-0.2, 0) is 35.9 Å². The van der Waals surface area contributed by atoms with Crippen LogP contribution in [0.2, 0.25) is 0 Å². The van der Waals surface area contributed by atoms with E-state index in [-0.39, 0.29) is 0 Å². The first-order chi connectivity index (χ1) is 21.6. The van der Waals surface area contributed by atoms with Gasteiger partial charge in [0, 0.05) is 41.4 Å². The van der Waals surface area contributed by atoms with E-state index >= 15 is 0 Å². The summed E-state index contributed by atoms with van der Waals surface area (Å²) in [7, 11) is -8.97. The van der Waals surface area contributed by atoms with Gasteiger partial charge in [0.25, 0.3) is 0 Å². The second-order valence-electron chi connectivity index (χ2n) is 12.3. The molecule has 0 radical (unpaired) electrons. The highest BCUT2D eigenvalue weighted by Gasteiger charge is 2.19. The van der Waals surface area contributed by atoms with Gasteiger partial charge in [-0.1, -0.05) is 137 Å². The van der Waals surface area contributed by atoms with Crippen LogP contribution in [0.1, 0.15) is 101 Å². The van der Waals surface area contributed by atoms with Crippen LogP contribution in [0.3, 0.4) is 0 Å². The van der Waals surface area contributed by atoms with Gasteiger partial charge in [-0.2, -0.15) is 0 Å². The first-order valence-electron chi connectivity index (χ1n) is 16.4. The molecule has 2 aromatic carbocycles. The Labute approximate surface area is 290 Å². The van der Waals surface area contributed by atoms with Crippen LogP contribution < -0.4 is 0 Å². The van der Waals surface area contributed by atoms with Crippen LogP contribution in [-0.4, -0.2) is 44.0 Å². The van der Waals surface area contributed by atoms with Crippen molar-refractivity contribution in [2.45, 2.75) is 101 Å². The van der Waals surface area contributed by atoms with Crippen molar-refractivity contribution in [2.24, 2.45) is 17.8 Å². The third kappa shape index (κ3) is 24.3.